The zero-order chi connectivity index (χ0) is 20.2. The molecule has 0 aliphatic carbocycles. The summed E-state index contributed by atoms with van der Waals surface area (Å²) < 4.78 is 1.30. The van der Waals surface area contributed by atoms with Crippen molar-refractivity contribution in [2.24, 2.45) is 0 Å². The summed E-state index contributed by atoms with van der Waals surface area (Å²) in [6.45, 7) is 0. The van der Waals surface area contributed by atoms with Crippen molar-refractivity contribution in [3.05, 3.63) is 95.0 Å². The van der Waals surface area contributed by atoms with Crippen LogP contribution in [0.3, 0.4) is 0 Å². The lowest BCUT2D eigenvalue weighted by Gasteiger charge is -2.15. The molecule has 0 unspecified atom stereocenters. The molecular weight excluding hydrogens is 370 g/mol. The van der Waals surface area contributed by atoms with Gasteiger partial charge in [-0.15, -0.1) is 0 Å². The lowest BCUT2D eigenvalue weighted by molar-refractivity contribution is -0.384. The molecule has 1 aromatic heterocycles. The maximum atomic E-state index is 13.0. The normalized spacial score (nSPS) is 10.5. The van der Waals surface area contributed by atoms with Crippen LogP contribution in [0.4, 0.5) is 17.1 Å². The number of nitro groups is 1. The Bertz CT molecular complexity index is 1130. The number of hydrogen-bond donors (Lipinski definition) is 2. The summed E-state index contributed by atoms with van der Waals surface area (Å²) in [4.78, 5) is 10.5. The number of hydrogen-bond acceptors (Lipinski definition) is 6. The summed E-state index contributed by atoms with van der Waals surface area (Å²) in [6.07, 6.45) is 0. The van der Waals surface area contributed by atoms with E-state index in [2.05, 4.69) is 16.0 Å². The van der Waals surface area contributed by atoms with Gasteiger partial charge in [0.05, 0.1) is 22.0 Å². The van der Waals surface area contributed by atoms with Crippen molar-refractivity contribution in [1.82, 2.24) is 9.78 Å². The van der Waals surface area contributed by atoms with Crippen molar-refractivity contribution < 1.29 is 10.0 Å². The Morgan fingerprint density at radius 1 is 0.828 bits per heavy atom. The summed E-state index contributed by atoms with van der Waals surface area (Å²) in [5.74, 6) is -0.340. The Labute approximate surface area is 166 Å². The van der Waals surface area contributed by atoms with Gasteiger partial charge in [-0.3, -0.25) is 15.5 Å². The fourth-order valence-electron chi connectivity index (χ4n) is 2.86. The number of non-ortho nitro benzene ring substituents is 1. The van der Waals surface area contributed by atoms with Gasteiger partial charge in [0.15, 0.2) is 0 Å². The molecule has 0 atom stereocenters. The predicted molar refractivity (Wildman–Crippen MR) is 109 cm³/mol. The van der Waals surface area contributed by atoms with Crippen LogP contribution < -0.4 is 16.0 Å². The molecule has 4 rings (SSSR count). The molecule has 0 saturated heterocycles. The van der Waals surface area contributed by atoms with Gasteiger partial charge in [-0.2, -0.15) is 5.10 Å². The molecule has 0 bridgehead atoms. The van der Waals surface area contributed by atoms with Crippen LogP contribution in [0, 0.1) is 10.1 Å². The number of rotatable bonds is 6. The zero-order valence-electron chi connectivity index (χ0n) is 15.1. The van der Waals surface area contributed by atoms with Crippen molar-refractivity contribution in [3.63, 3.8) is 0 Å². The van der Waals surface area contributed by atoms with E-state index in [9.17, 15) is 15.2 Å². The molecule has 0 amide bonds. The Balaban J connectivity index is 1.76. The molecule has 0 aliphatic rings. The van der Waals surface area contributed by atoms with Crippen LogP contribution in [-0.2, 0) is 0 Å². The second-order valence-corrected chi connectivity index (χ2v) is 6.20. The minimum Gasteiger partial charge on any atom is -0.857 e. The molecule has 0 spiro atoms. The highest BCUT2D eigenvalue weighted by molar-refractivity contribution is 5.80. The third kappa shape index (κ3) is 3.72. The van der Waals surface area contributed by atoms with Gasteiger partial charge in [-0.25, -0.2) is 4.68 Å². The summed E-state index contributed by atoms with van der Waals surface area (Å²) in [5, 5.41) is 28.5. The molecule has 0 fully saturated rings. The van der Waals surface area contributed by atoms with E-state index in [1.165, 1.54) is 16.8 Å². The highest BCUT2D eigenvalue weighted by Crippen LogP contribution is 2.35. The molecule has 1 heterocycles. The topological polar surface area (TPSA) is 108 Å². The summed E-state index contributed by atoms with van der Waals surface area (Å²) in [5.41, 5.74) is 8.51. The van der Waals surface area contributed by atoms with Crippen LogP contribution in [0.2, 0.25) is 0 Å². The lowest BCUT2D eigenvalue weighted by atomic mass is 10.1. The minimum atomic E-state index is -0.471. The van der Waals surface area contributed by atoms with Crippen LogP contribution in [-0.4, -0.2) is 14.7 Å². The molecule has 0 saturated carbocycles. The van der Waals surface area contributed by atoms with Crippen LogP contribution in [0.15, 0.2) is 84.9 Å². The monoisotopic (exact) mass is 386 g/mol. The molecular formula is C21H16N5O3-. The molecule has 8 nitrogen and oxygen atoms in total. The first kappa shape index (κ1) is 18.1. The van der Waals surface area contributed by atoms with Gasteiger partial charge in [0.25, 0.3) is 5.69 Å². The Morgan fingerprint density at radius 2 is 1.45 bits per heavy atom. The van der Waals surface area contributed by atoms with Crippen molar-refractivity contribution in [2.45, 2.75) is 0 Å². The first-order valence-corrected chi connectivity index (χ1v) is 8.81. The van der Waals surface area contributed by atoms with Crippen LogP contribution in [0.25, 0.3) is 16.9 Å². The molecule has 144 valence electrons. The van der Waals surface area contributed by atoms with E-state index in [4.69, 9.17) is 0 Å². The number of benzene rings is 3. The fraction of sp³-hybridized carbons (Fsp3) is 0. The first-order chi connectivity index (χ1) is 14.1. The first-order valence-electron chi connectivity index (χ1n) is 8.81. The predicted octanol–water partition coefficient (Wildman–Crippen LogP) is 3.96. The number of para-hydroxylation sites is 2. The summed E-state index contributed by atoms with van der Waals surface area (Å²) >= 11 is 0. The number of anilines is 2. The van der Waals surface area contributed by atoms with E-state index in [-0.39, 0.29) is 17.3 Å². The fourth-order valence-corrected chi connectivity index (χ4v) is 2.86. The number of aromatic nitrogens is 2. The van der Waals surface area contributed by atoms with Crippen LogP contribution in [0.5, 0.6) is 5.88 Å². The van der Waals surface area contributed by atoms with Gasteiger partial charge < -0.3 is 10.5 Å². The maximum absolute atomic E-state index is 13.0. The maximum Gasteiger partial charge on any atom is 0.269 e. The van der Waals surface area contributed by atoms with Crippen molar-refractivity contribution in [3.8, 4) is 22.8 Å². The Morgan fingerprint density at radius 3 is 2.07 bits per heavy atom. The average Bonchev–Trinajstić information content (AvgIpc) is 3.10. The third-order valence-corrected chi connectivity index (χ3v) is 4.30. The minimum absolute atomic E-state index is 0.0319. The van der Waals surface area contributed by atoms with E-state index >= 15 is 0 Å². The zero-order valence-corrected chi connectivity index (χ0v) is 15.1. The second kappa shape index (κ2) is 7.73. The molecule has 2 N–H and O–H groups in total. The third-order valence-electron chi connectivity index (χ3n) is 4.30. The molecule has 4 aromatic rings. The van der Waals surface area contributed by atoms with Crippen LogP contribution >= 0.6 is 0 Å². The number of nitrogens with one attached hydrogen (secondary N) is 2. The highest BCUT2D eigenvalue weighted by atomic mass is 16.6. The highest BCUT2D eigenvalue weighted by Gasteiger charge is 2.16. The van der Waals surface area contributed by atoms with Crippen LogP contribution in [0.1, 0.15) is 0 Å². The second-order valence-electron chi connectivity index (χ2n) is 6.20. The van der Waals surface area contributed by atoms with Gasteiger partial charge in [-0.05, 0) is 36.4 Å². The molecule has 29 heavy (non-hydrogen) atoms. The van der Waals surface area contributed by atoms with Crippen molar-refractivity contribution in [1.29, 1.82) is 0 Å². The molecule has 8 heteroatoms. The van der Waals surface area contributed by atoms with E-state index < -0.39 is 4.92 Å². The molecule has 0 aliphatic heterocycles. The van der Waals surface area contributed by atoms with E-state index in [1.807, 2.05) is 48.5 Å². The van der Waals surface area contributed by atoms with E-state index in [0.717, 1.165) is 5.69 Å². The Kier molecular flexibility index (Phi) is 4.81. The standard InChI is InChI=1S/C21H17N5O3/c27-21-20(23-22-16-7-3-1-4-8-16)19(15-11-13-18(14-12-15)26(28)29)24-25(21)17-9-5-2-6-10-17/h1-14,22-23,27H/p-1. The number of nitrogens with zero attached hydrogens (tertiary/aromatic N) is 3. The molecule has 3 aromatic carbocycles. The summed E-state index contributed by atoms with van der Waals surface area (Å²) in [6, 6.07) is 24.3. The quantitative estimate of drug-likeness (QED) is 0.384. The lowest BCUT2D eigenvalue weighted by Crippen LogP contribution is -2.11. The van der Waals surface area contributed by atoms with Gasteiger partial charge >= 0.3 is 0 Å². The number of nitro benzene ring substituents is 1. The van der Waals surface area contributed by atoms with E-state index in [0.29, 0.717) is 16.9 Å². The van der Waals surface area contributed by atoms with Crippen molar-refractivity contribution in [2.75, 3.05) is 10.9 Å². The molecule has 0 radical (unpaired) electrons. The summed E-state index contributed by atoms with van der Waals surface area (Å²) in [7, 11) is 0. The van der Waals surface area contributed by atoms with E-state index in [1.54, 1.807) is 24.3 Å². The smallest absolute Gasteiger partial charge is 0.269 e. The largest absolute Gasteiger partial charge is 0.857 e. The van der Waals surface area contributed by atoms with Gasteiger partial charge in [0.1, 0.15) is 5.69 Å². The number of hydrazine groups is 1. The Hall–Kier alpha value is -4.33. The van der Waals surface area contributed by atoms with Crippen molar-refractivity contribution >= 4 is 17.1 Å². The van der Waals surface area contributed by atoms with Gasteiger partial charge in [0.2, 0.25) is 0 Å². The van der Waals surface area contributed by atoms with Gasteiger partial charge in [0, 0.05) is 23.6 Å². The SMILES string of the molecule is O=[N+]([O-])c1ccc(-c2nn(-c3ccccc3)c([O-])c2NNc2ccccc2)cc1. The van der Waals surface area contributed by atoms with Gasteiger partial charge in [-0.1, -0.05) is 36.4 Å². The average molecular weight is 386 g/mol.